The molecule has 0 radical (unpaired) electrons. The first-order chi connectivity index (χ1) is 13.5. The highest BCUT2D eigenvalue weighted by atomic mass is 32.2. The number of carbonyl (C=O) groups is 2. The van der Waals surface area contributed by atoms with Crippen LogP contribution in [0, 0.1) is 0 Å². The Hall–Kier alpha value is -3.13. The van der Waals surface area contributed by atoms with Gasteiger partial charge in [-0.15, -0.1) is 0 Å². The van der Waals surface area contributed by atoms with Gasteiger partial charge < -0.3 is 4.74 Å². The number of nitrogens with one attached hydrogen (secondary N) is 1. The van der Waals surface area contributed by atoms with Gasteiger partial charge in [0.25, 0.3) is 5.24 Å². The first-order valence-corrected chi connectivity index (χ1v) is 9.56. The van der Waals surface area contributed by atoms with Gasteiger partial charge in [-0.3, -0.25) is 24.4 Å². The summed E-state index contributed by atoms with van der Waals surface area (Å²) in [5.41, 5.74) is 3.25. The third-order valence-electron chi connectivity index (χ3n) is 4.43. The summed E-state index contributed by atoms with van der Waals surface area (Å²) in [5, 5.41) is 6.03. The number of thioether (sulfide) groups is 1. The summed E-state index contributed by atoms with van der Waals surface area (Å²) in [6.07, 6.45) is 2.34. The maximum Gasteiger partial charge on any atom is 0.286 e. The minimum Gasteiger partial charge on any atom is -0.487 e. The lowest BCUT2D eigenvalue weighted by Crippen LogP contribution is -2.25. The lowest BCUT2D eigenvalue weighted by atomic mass is 10.0. The van der Waals surface area contributed by atoms with Crippen LogP contribution in [0.25, 0.3) is 11.1 Å². The summed E-state index contributed by atoms with van der Waals surface area (Å²) < 4.78 is 7.54. The van der Waals surface area contributed by atoms with Crippen molar-refractivity contribution in [1.82, 2.24) is 15.1 Å². The first-order valence-electron chi connectivity index (χ1n) is 8.68. The zero-order valence-corrected chi connectivity index (χ0v) is 15.9. The number of hydrogen-bond acceptors (Lipinski definition) is 6. The lowest BCUT2D eigenvalue weighted by molar-refractivity contribution is -0.118. The number of aromatic nitrogens is 2. The number of imide groups is 1. The SMILES string of the molecule is Cn1cc2ccc(=O)cc-2c(COc2ccc(CC3SC(=O)NC3=O)cc2)n1. The van der Waals surface area contributed by atoms with Crippen LogP contribution >= 0.6 is 11.8 Å². The minimum atomic E-state index is -0.388. The van der Waals surface area contributed by atoms with Gasteiger partial charge in [-0.2, -0.15) is 5.10 Å². The van der Waals surface area contributed by atoms with Gasteiger partial charge >= 0.3 is 0 Å². The zero-order valence-electron chi connectivity index (χ0n) is 15.0. The van der Waals surface area contributed by atoms with Crippen molar-refractivity contribution in [3.8, 4) is 16.9 Å². The molecule has 28 heavy (non-hydrogen) atoms. The molecule has 3 aliphatic rings. The quantitative estimate of drug-likeness (QED) is 0.713. The Morgan fingerprint density at radius 1 is 1.14 bits per heavy atom. The van der Waals surface area contributed by atoms with Crippen LogP contribution in [-0.4, -0.2) is 26.2 Å². The van der Waals surface area contributed by atoms with Crippen LogP contribution in [0.1, 0.15) is 11.3 Å². The molecule has 0 aromatic heterocycles. The Bertz CT molecular complexity index is 1080. The third-order valence-corrected chi connectivity index (χ3v) is 5.41. The van der Waals surface area contributed by atoms with E-state index in [1.54, 1.807) is 16.8 Å². The maximum absolute atomic E-state index is 11.7. The number of benzene rings is 2. The molecule has 4 rings (SSSR count). The van der Waals surface area contributed by atoms with Crippen molar-refractivity contribution in [2.45, 2.75) is 18.3 Å². The van der Waals surface area contributed by atoms with E-state index in [0.717, 1.165) is 28.5 Å². The summed E-state index contributed by atoms with van der Waals surface area (Å²) in [6.45, 7) is 0.226. The topological polar surface area (TPSA) is 90.3 Å². The highest BCUT2D eigenvalue weighted by Gasteiger charge is 2.31. The fourth-order valence-electron chi connectivity index (χ4n) is 3.09. The van der Waals surface area contributed by atoms with Gasteiger partial charge in [0, 0.05) is 24.4 Å². The molecule has 2 aliphatic heterocycles. The Kier molecular flexibility index (Phi) is 4.87. The molecule has 1 unspecified atom stereocenters. The average molecular weight is 395 g/mol. The third kappa shape index (κ3) is 3.91. The summed E-state index contributed by atoms with van der Waals surface area (Å²) in [4.78, 5) is 34.6. The number of nitrogens with zero attached hydrogens (tertiary/aromatic N) is 2. The molecule has 1 saturated heterocycles. The van der Waals surface area contributed by atoms with Crippen LogP contribution in [0.5, 0.6) is 5.75 Å². The molecule has 0 spiro atoms. The summed E-state index contributed by atoms with van der Waals surface area (Å²) in [6, 6.07) is 12.3. The Labute approximate surface area is 165 Å². The zero-order chi connectivity index (χ0) is 19.7. The number of rotatable bonds is 5. The van der Waals surface area contributed by atoms with Crippen LogP contribution in [-0.2, 0) is 24.9 Å². The number of fused-ring (bicyclic) bond motifs is 1. The van der Waals surface area contributed by atoms with Crippen molar-refractivity contribution in [3.63, 3.8) is 0 Å². The van der Waals surface area contributed by atoms with Crippen molar-refractivity contribution >= 4 is 22.9 Å². The number of amides is 2. The van der Waals surface area contributed by atoms with Crippen LogP contribution in [0.3, 0.4) is 0 Å². The Morgan fingerprint density at radius 3 is 2.64 bits per heavy atom. The van der Waals surface area contributed by atoms with Crippen molar-refractivity contribution in [2.24, 2.45) is 7.05 Å². The van der Waals surface area contributed by atoms with E-state index in [1.807, 2.05) is 37.5 Å². The molecule has 2 heterocycles. The Balaban J connectivity index is 1.45. The number of carbonyl (C=O) groups excluding carboxylic acids is 2. The predicted molar refractivity (Wildman–Crippen MR) is 105 cm³/mol. The predicted octanol–water partition coefficient (Wildman–Crippen LogP) is 2.36. The molecule has 1 N–H and O–H groups in total. The van der Waals surface area contributed by atoms with Crippen LogP contribution < -0.4 is 15.5 Å². The summed E-state index contributed by atoms with van der Waals surface area (Å²) in [7, 11) is 1.82. The molecular weight excluding hydrogens is 378 g/mol. The second-order valence-corrected chi connectivity index (χ2v) is 7.69. The van der Waals surface area contributed by atoms with Crippen LogP contribution in [0.15, 0.2) is 53.5 Å². The lowest BCUT2D eigenvalue weighted by Gasteiger charge is -2.14. The maximum atomic E-state index is 11.7. The van der Waals surface area contributed by atoms with E-state index in [0.29, 0.717) is 17.9 Å². The molecule has 0 bridgehead atoms. The van der Waals surface area contributed by atoms with Gasteiger partial charge in [0.05, 0.1) is 5.25 Å². The monoisotopic (exact) mass is 395 g/mol. The molecule has 2 amide bonds. The second kappa shape index (κ2) is 7.47. The Morgan fingerprint density at radius 2 is 1.93 bits per heavy atom. The molecule has 1 atom stereocenters. The van der Waals surface area contributed by atoms with Gasteiger partial charge in [-0.1, -0.05) is 23.9 Å². The normalized spacial score (nSPS) is 16.4. The largest absolute Gasteiger partial charge is 0.487 e. The van der Waals surface area contributed by atoms with Crippen molar-refractivity contribution in [1.29, 1.82) is 0 Å². The van der Waals surface area contributed by atoms with Gasteiger partial charge in [-0.25, -0.2) is 0 Å². The average Bonchev–Trinajstić information content (AvgIpc) is 2.98. The highest BCUT2D eigenvalue weighted by Crippen LogP contribution is 2.25. The van der Waals surface area contributed by atoms with E-state index >= 15 is 0 Å². The van der Waals surface area contributed by atoms with Gasteiger partial charge in [0.2, 0.25) is 5.91 Å². The number of hydrogen-bond donors (Lipinski definition) is 1. The molecule has 1 fully saturated rings. The van der Waals surface area contributed by atoms with Crippen LogP contribution in [0.4, 0.5) is 4.79 Å². The van der Waals surface area contributed by atoms with E-state index in [-0.39, 0.29) is 28.4 Å². The smallest absolute Gasteiger partial charge is 0.286 e. The second-order valence-electron chi connectivity index (χ2n) is 6.52. The van der Waals surface area contributed by atoms with Crippen molar-refractivity contribution < 1.29 is 14.3 Å². The minimum absolute atomic E-state index is 0.0685. The van der Waals surface area contributed by atoms with Crippen molar-refractivity contribution in [2.75, 3.05) is 0 Å². The fourth-order valence-corrected chi connectivity index (χ4v) is 3.95. The fraction of sp³-hybridized carbons (Fsp3) is 0.200. The van der Waals surface area contributed by atoms with Gasteiger partial charge in [0.1, 0.15) is 18.1 Å². The van der Waals surface area contributed by atoms with E-state index < -0.39 is 0 Å². The first kappa shape index (κ1) is 18.2. The standard InChI is InChI=1S/C20H17N3O4S/c1-23-10-13-4-5-14(24)9-16(13)17(22-23)11-27-15-6-2-12(3-7-15)8-18-19(25)21-20(26)28-18/h2-7,9-10,18H,8,11H2,1H3,(H,21,25,26). The number of aryl methyl sites for hydroxylation is 1. The molecule has 8 heteroatoms. The molecule has 0 saturated carbocycles. The van der Waals surface area contributed by atoms with Crippen LogP contribution in [0.2, 0.25) is 0 Å². The summed E-state index contributed by atoms with van der Waals surface area (Å²) in [5.74, 6) is 0.408. The van der Waals surface area contributed by atoms with E-state index in [4.69, 9.17) is 4.74 Å². The molecule has 1 aromatic rings. The van der Waals surface area contributed by atoms with E-state index in [9.17, 15) is 14.4 Å². The molecule has 1 aliphatic carbocycles. The molecule has 7 nitrogen and oxygen atoms in total. The highest BCUT2D eigenvalue weighted by molar-refractivity contribution is 8.15. The molecular formula is C20H17N3O4S. The van der Waals surface area contributed by atoms with Crippen molar-refractivity contribution in [3.05, 3.63) is 70.1 Å². The van der Waals surface area contributed by atoms with Gasteiger partial charge in [0.15, 0.2) is 5.43 Å². The van der Waals surface area contributed by atoms with Gasteiger partial charge in [-0.05, 0) is 42.3 Å². The molecule has 142 valence electrons. The molecule has 1 aromatic carbocycles. The number of ether oxygens (including phenoxy) is 1. The summed E-state index contributed by atoms with van der Waals surface area (Å²) >= 11 is 1.02. The van der Waals surface area contributed by atoms with E-state index in [1.165, 1.54) is 6.07 Å². The van der Waals surface area contributed by atoms with E-state index in [2.05, 4.69) is 10.4 Å².